The first kappa shape index (κ1) is 14.3. The van der Waals surface area contributed by atoms with Gasteiger partial charge in [0.2, 0.25) is 15.8 Å². The van der Waals surface area contributed by atoms with Gasteiger partial charge in [-0.15, -0.1) is 0 Å². The molecule has 0 aliphatic heterocycles. The van der Waals surface area contributed by atoms with E-state index >= 15 is 0 Å². The first-order chi connectivity index (χ1) is 8.79. The molecule has 0 atom stereocenters. The highest BCUT2D eigenvalue weighted by Gasteiger charge is 2.18. The van der Waals surface area contributed by atoms with Gasteiger partial charge in [0.1, 0.15) is 4.90 Å². The molecule has 0 radical (unpaired) electrons. The summed E-state index contributed by atoms with van der Waals surface area (Å²) >= 11 is 11.5. The minimum Gasteiger partial charge on any atom is -0.286 e. The number of carbonyl (C=O) groups excluding carboxylic acids is 1. The first-order valence-corrected chi connectivity index (χ1v) is 7.86. The van der Waals surface area contributed by atoms with E-state index in [4.69, 9.17) is 29.0 Å². The molecule has 19 heavy (non-hydrogen) atoms. The summed E-state index contributed by atoms with van der Waals surface area (Å²) in [5, 5.41) is 11.3. The number of ketones is 1. The van der Waals surface area contributed by atoms with Gasteiger partial charge in [-0.3, -0.25) is 9.89 Å². The predicted octanol–water partition coefficient (Wildman–Crippen LogP) is 1.73. The summed E-state index contributed by atoms with van der Waals surface area (Å²) in [4.78, 5) is 11.7. The Balaban J connectivity index is 2.53. The summed E-state index contributed by atoms with van der Waals surface area (Å²) in [6, 6.07) is 3.80. The largest absolute Gasteiger partial charge is 0.286 e. The molecule has 2 rings (SSSR count). The zero-order valence-electron chi connectivity index (χ0n) is 9.08. The van der Waals surface area contributed by atoms with Crippen molar-refractivity contribution < 1.29 is 13.2 Å². The highest BCUT2D eigenvalue weighted by molar-refractivity contribution is 7.89. The second-order valence-electron chi connectivity index (χ2n) is 3.44. The van der Waals surface area contributed by atoms with Gasteiger partial charge in [0.25, 0.3) is 0 Å². The lowest BCUT2D eigenvalue weighted by atomic mass is 10.1. The van der Waals surface area contributed by atoms with Crippen molar-refractivity contribution in [3.63, 3.8) is 0 Å². The lowest BCUT2D eigenvalue weighted by molar-refractivity contribution is 0.103. The number of primary sulfonamides is 1. The number of halogens is 1. The van der Waals surface area contributed by atoms with Gasteiger partial charge in [-0.1, -0.05) is 22.9 Å². The predicted molar refractivity (Wildman–Crippen MR) is 73.6 cm³/mol. The fraction of sp³-hybridized carbons (Fsp3) is 0. The van der Waals surface area contributed by atoms with Crippen LogP contribution in [0, 0.1) is 3.95 Å². The fourth-order valence-electron chi connectivity index (χ4n) is 1.31. The molecule has 0 aliphatic carbocycles. The molecule has 2 aromatic rings. The number of benzene rings is 1. The topological polar surface area (TPSA) is 106 Å². The minimum atomic E-state index is -4.00. The van der Waals surface area contributed by atoms with Gasteiger partial charge in [0.05, 0.1) is 5.02 Å². The molecule has 1 heterocycles. The standard InChI is InChI=1S/C9H6ClN3O3S3/c10-5-2-1-4(3-6(5)19(11,15)16)7(14)8-12-13-9(17)18-8/h1-3H,(H,13,17)(H2,11,15,16). The molecule has 100 valence electrons. The quantitative estimate of drug-likeness (QED) is 0.656. The molecule has 0 bridgehead atoms. The normalized spacial score (nSPS) is 11.5. The maximum absolute atomic E-state index is 12.1. The van der Waals surface area contributed by atoms with Crippen LogP contribution in [0.3, 0.4) is 0 Å². The third-order valence-electron chi connectivity index (χ3n) is 2.13. The van der Waals surface area contributed by atoms with Crippen molar-refractivity contribution in [1.29, 1.82) is 0 Å². The van der Waals surface area contributed by atoms with Gasteiger partial charge in [-0.05, 0) is 30.4 Å². The third kappa shape index (κ3) is 3.07. The number of carbonyl (C=O) groups is 1. The van der Waals surface area contributed by atoms with Gasteiger partial charge in [0, 0.05) is 5.56 Å². The lowest BCUT2D eigenvalue weighted by Crippen LogP contribution is -2.14. The van der Waals surface area contributed by atoms with Crippen LogP contribution in [0.5, 0.6) is 0 Å². The number of hydrogen-bond acceptors (Lipinski definition) is 6. The van der Waals surface area contributed by atoms with Crippen LogP contribution in [0.25, 0.3) is 0 Å². The van der Waals surface area contributed by atoms with E-state index in [2.05, 4.69) is 10.2 Å². The molecule has 0 unspecified atom stereocenters. The van der Waals surface area contributed by atoms with Crippen LogP contribution in [0.2, 0.25) is 5.02 Å². The highest BCUT2D eigenvalue weighted by Crippen LogP contribution is 2.23. The smallest absolute Gasteiger partial charge is 0.239 e. The van der Waals surface area contributed by atoms with Gasteiger partial charge in [0.15, 0.2) is 8.96 Å². The van der Waals surface area contributed by atoms with E-state index in [9.17, 15) is 13.2 Å². The van der Waals surface area contributed by atoms with Crippen molar-refractivity contribution in [1.82, 2.24) is 10.2 Å². The van der Waals surface area contributed by atoms with Gasteiger partial charge >= 0.3 is 0 Å². The number of hydrogen-bond donors (Lipinski definition) is 2. The number of nitrogens with two attached hydrogens (primary N) is 1. The van der Waals surface area contributed by atoms with Crippen molar-refractivity contribution in [3.8, 4) is 0 Å². The summed E-state index contributed by atoms with van der Waals surface area (Å²) in [5.41, 5.74) is 0.117. The molecule has 0 spiro atoms. The van der Waals surface area contributed by atoms with Crippen molar-refractivity contribution >= 4 is 51.0 Å². The molecule has 1 aromatic carbocycles. The van der Waals surface area contributed by atoms with Crippen molar-refractivity contribution in [2.45, 2.75) is 4.90 Å². The molecule has 0 fully saturated rings. The Morgan fingerprint density at radius 2 is 2.16 bits per heavy atom. The van der Waals surface area contributed by atoms with Crippen LogP contribution in [0.1, 0.15) is 15.4 Å². The SMILES string of the molecule is NS(=O)(=O)c1cc(C(=O)c2n[nH]c(=S)s2)ccc1Cl. The number of nitrogens with one attached hydrogen (secondary N) is 1. The minimum absolute atomic E-state index is 0.0475. The fourth-order valence-corrected chi connectivity index (χ4v) is 3.24. The number of rotatable bonds is 3. The van der Waals surface area contributed by atoms with Crippen LogP contribution in [0.4, 0.5) is 0 Å². The Labute approximate surface area is 122 Å². The maximum Gasteiger partial charge on any atom is 0.239 e. The Hall–Kier alpha value is -1.13. The molecule has 0 amide bonds. The summed E-state index contributed by atoms with van der Waals surface area (Å²) in [5.74, 6) is -0.459. The lowest BCUT2D eigenvalue weighted by Gasteiger charge is -2.03. The first-order valence-electron chi connectivity index (χ1n) is 4.71. The average Bonchev–Trinajstić information content (AvgIpc) is 2.74. The van der Waals surface area contributed by atoms with E-state index < -0.39 is 15.8 Å². The molecule has 6 nitrogen and oxygen atoms in total. The zero-order valence-corrected chi connectivity index (χ0v) is 12.3. The second kappa shape index (κ2) is 5.10. The van der Waals surface area contributed by atoms with E-state index in [-0.39, 0.29) is 20.5 Å². The monoisotopic (exact) mass is 335 g/mol. The van der Waals surface area contributed by atoms with Crippen molar-refractivity contribution in [3.05, 3.63) is 37.7 Å². The van der Waals surface area contributed by atoms with E-state index in [1.807, 2.05) is 0 Å². The van der Waals surface area contributed by atoms with Gasteiger partial charge in [-0.2, -0.15) is 5.10 Å². The van der Waals surface area contributed by atoms with Gasteiger partial charge in [-0.25, -0.2) is 13.6 Å². The molecule has 0 aliphatic rings. The number of sulfonamides is 1. The summed E-state index contributed by atoms with van der Waals surface area (Å²) < 4.78 is 23.0. The van der Waals surface area contributed by atoms with E-state index in [0.29, 0.717) is 3.95 Å². The second-order valence-corrected chi connectivity index (χ2v) is 7.04. The maximum atomic E-state index is 12.1. The van der Waals surface area contributed by atoms with Crippen LogP contribution in [-0.4, -0.2) is 24.4 Å². The van der Waals surface area contributed by atoms with E-state index in [1.54, 1.807) is 0 Å². The third-order valence-corrected chi connectivity index (χ3v) is 4.61. The zero-order chi connectivity index (χ0) is 14.2. The number of nitrogens with zero attached hydrogens (tertiary/aromatic N) is 1. The van der Waals surface area contributed by atoms with Crippen molar-refractivity contribution in [2.75, 3.05) is 0 Å². The highest BCUT2D eigenvalue weighted by atomic mass is 35.5. The summed E-state index contributed by atoms with van der Waals surface area (Å²) in [7, 11) is -4.00. The van der Waals surface area contributed by atoms with E-state index in [0.717, 1.165) is 17.4 Å². The van der Waals surface area contributed by atoms with Crippen LogP contribution in [-0.2, 0) is 10.0 Å². The average molecular weight is 336 g/mol. The van der Waals surface area contributed by atoms with Crippen LogP contribution >= 0.6 is 35.2 Å². The molecule has 10 heteroatoms. The Bertz CT molecular complexity index is 809. The van der Waals surface area contributed by atoms with Crippen molar-refractivity contribution in [2.24, 2.45) is 5.14 Å². The molecule has 0 saturated carbocycles. The molecule has 0 saturated heterocycles. The number of H-pyrrole nitrogens is 1. The van der Waals surface area contributed by atoms with Crippen LogP contribution in [0.15, 0.2) is 23.1 Å². The summed E-state index contributed by atoms with van der Waals surface area (Å²) in [6.07, 6.45) is 0. The molecule has 1 aromatic heterocycles. The molecular weight excluding hydrogens is 330 g/mol. The molecule has 3 N–H and O–H groups in total. The Morgan fingerprint density at radius 1 is 1.47 bits per heavy atom. The Morgan fingerprint density at radius 3 is 2.68 bits per heavy atom. The molecular formula is C9H6ClN3O3S3. The number of aromatic amines is 1. The van der Waals surface area contributed by atoms with Crippen LogP contribution < -0.4 is 5.14 Å². The van der Waals surface area contributed by atoms with E-state index in [1.165, 1.54) is 12.1 Å². The number of aromatic nitrogens is 2. The summed E-state index contributed by atoms with van der Waals surface area (Å²) in [6.45, 7) is 0. The Kier molecular flexibility index (Phi) is 3.83. The van der Waals surface area contributed by atoms with Gasteiger partial charge < -0.3 is 0 Å².